The highest BCUT2D eigenvalue weighted by Gasteiger charge is 2.31. The smallest absolute Gasteiger partial charge is 0.317 e. The van der Waals surface area contributed by atoms with Crippen molar-refractivity contribution in [2.24, 2.45) is 0 Å². The van der Waals surface area contributed by atoms with E-state index in [2.05, 4.69) is 72.9 Å². The highest BCUT2D eigenvalue weighted by molar-refractivity contribution is 5.74. The minimum absolute atomic E-state index is 0.0912. The molecule has 1 heterocycles. The number of nitrogens with zero attached hydrogens (tertiary/aromatic N) is 1. The van der Waals surface area contributed by atoms with Crippen molar-refractivity contribution < 1.29 is 9.69 Å². The average molecular weight is 353 g/mol. The first kappa shape index (κ1) is 18.5. The van der Waals surface area contributed by atoms with Gasteiger partial charge in [0.15, 0.2) is 0 Å². The predicted octanol–water partition coefficient (Wildman–Crippen LogP) is 2.49. The summed E-state index contributed by atoms with van der Waals surface area (Å²) in [5, 5.41) is 3.04. The Kier molecular flexibility index (Phi) is 6.67. The first-order valence-electron chi connectivity index (χ1n) is 9.77. The minimum atomic E-state index is 0.0912. The lowest BCUT2D eigenvalue weighted by Gasteiger charge is -2.37. The number of rotatable bonds is 6. The second kappa shape index (κ2) is 9.39. The third-order valence-electron chi connectivity index (χ3n) is 5.17. The van der Waals surface area contributed by atoms with Crippen molar-refractivity contribution in [3.63, 3.8) is 0 Å². The number of urea groups is 1. The lowest BCUT2D eigenvalue weighted by molar-refractivity contribution is -0.929. The van der Waals surface area contributed by atoms with Crippen LogP contribution in [0.5, 0.6) is 0 Å². The van der Waals surface area contributed by atoms with Crippen molar-refractivity contribution in [2.75, 3.05) is 32.7 Å². The van der Waals surface area contributed by atoms with E-state index in [9.17, 15) is 4.79 Å². The number of quaternary nitrogens is 1. The molecule has 1 saturated heterocycles. The summed E-state index contributed by atoms with van der Waals surface area (Å²) < 4.78 is 0. The Labute approximate surface area is 156 Å². The number of hydrogen-bond donors (Lipinski definition) is 2. The number of benzene rings is 2. The molecular formula is C22H30N3O+. The molecule has 2 aromatic rings. The number of hydrogen-bond acceptors (Lipinski definition) is 1. The highest BCUT2D eigenvalue weighted by atomic mass is 16.2. The van der Waals surface area contributed by atoms with Gasteiger partial charge in [0.2, 0.25) is 0 Å². The van der Waals surface area contributed by atoms with E-state index >= 15 is 0 Å². The summed E-state index contributed by atoms with van der Waals surface area (Å²) in [6, 6.07) is 21.9. The Bertz CT molecular complexity index is 627. The van der Waals surface area contributed by atoms with Crippen LogP contribution in [-0.4, -0.2) is 43.7 Å². The molecule has 0 aromatic heterocycles. The molecule has 2 amide bonds. The molecule has 138 valence electrons. The van der Waals surface area contributed by atoms with Crippen LogP contribution in [0.2, 0.25) is 0 Å². The lowest BCUT2D eigenvalue weighted by Crippen LogP contribution is -3.15. The summed E-state index contributed by atoms with van der Waals surface area (Å²) in [7, 11) is 0. The highest BCUT2D eigenvalue weighted by Crippen LogP contribution is 2.19. The Balaban J connectivity index is 1.67. The molecule has 2 aromatic carbocycles. The zero-order chi connectivity index (χ0) is 18.2. The van der Waals surface area contributed by atoms with Gasteiger partial charge < -0.3 is 15.1 Å². The molecular weight excluding hydrogens is 322 g/mol. The fourth-order valence-electron chi connectivity index (χ4n) is 3.72. The number of piperazine rings is 1. The Morgan fingerprint density at radius 1 is 1.00 bits per heavy atom. The van der Waals surface area contributed by atoms with Crippen LogP contribution < -0.4 is 10.2 Å². The van der Waals surface area contributed by atoms with Crippen molar-refractivity contribution in [1.82, 2.24) is 10.2 Å². The summed E-state index contributed by atoms with van der Waals surface area (Å²) in [4.78, 5) is 15.8. The van der Waals surface area contributed by atoms with E-state index in [1.54, 1.807) is 0 Å². The van der Waals surface area contributed by atoms with E-state index < -0.39 is 0 Å². The Hall–Kier alpha value is -2.33. The monoisotopic (exact) mass is 352 g/mol. The maximum absolute atomic E-state index is 12.3. The van der Waals surface area contributed by atoms with E-state index in [-0.39, 0.29) is 6.03 Å². The molecule has 0 bridgehead atoms. The zero-order valence-corrected chi connectivity index (χ0v) is 15.7. The molecule has 4 nitrogen and oxygen atoms in total. The van der Waals surface area contributed by atoms with Crippen LogP contribution in [0.3, 0.4) is 0 Å². The molecule has 0 spiro atoms. The zero-order valence-electron chi connectivity index (χ0n) is 15.7. The van der Waals surface area contributed by atoms with Gasteiger partial charge in [-0.1, -0.05) is 74.0 Å². The molecule has 0 atom stereocenters. The molecule has 1 fully saturated rings. The molecule has 1 aliphatic rings. The fraction of sp³-hybridized carbons (Fsp3) is 0.409. The molecule has 0 radical (unpaired) electrons. The second-order valence-corrected chi connectivity index (χ2v) is 6.99. The van der Waals surface area contributed by atoms with Crippen LogP contribution in [0.4, 0.5) is 4.79 Å². The van der Waals surface area contributed by atoms with E-state index in [4.69, 9.17) is 0 Å². The number of carbonyl (C=O) groups excluding carboxylic acids is 1. The summed E-state index contributed by atoms with van der Waals surface area (Å²) in [6.45, 7) is 6.47. The third kappa shape index (κ3) is 4.64. The van der Waals surface area contributed by atoms with Crippen LogP contribution >= 0.6 is 0 Å². The van der Waals surface area contributed by atoms with Crippen molar-refractivity contribution in [3.8, 4) is 0 Å². The number of unbranched alkanes of at least 4 members (excludes halogenated alkanes) is 1. The van der Waals surface area contributed by atoms with Crippen LogP contribution in [0.25, 0.3) is 0 Å². The van der Waals surface area contributed by atoms with Gasteiger partial charge in [0, 0.05) is 17.7 Å². The van der Waals surface area contributed by atoms with Gasteiger partial charge in [-0.25, -0.2) is 4.79 Å². The average Bonchev–Trinajstić information content (AvgIpc) is 2.70. The van der Waals surface area contributed by atoms with Crippen LogP contribution in [-0.2, 0) is 0 Å². The van der Waals surface area contributed by atoms with Gasteiger partial charge >= 0.3 is 6.03 Å². The quantitative estimate of drug-likeness (QED) is 0.770. The van der Waals surface area contributed by atoms with Gasteiger partial charge in [0.25, 0.3) is 0 Å². The molecule has 3 rings (SSSR count). The van der Waals surface area contributed by atoms with Crippen LogP contribution in [0.1, 0.15) is 36.9 Å². The molecule has 0 unspecified atom stereocenters. The predicted molar refractivity (Wildman–Crippen MR) is 105 cm³/mol. The van der Waals surface area contributed by atoms with Gasteiger partial charge in [-0.05, 0) is 6.42 Å². The van der Waals surface area contributed by atoms with Crippen LogP contribution in [0.15, 0.2) is 60.7 Å². The van der Waals surface area contributed by atoms with Gasteiger partial charge in [-0.15, -0.1) is 0 Å². The van der Waals surface area contributed by atoms with Crippen molar-refractivity contribution in [2.45, 2.75) is 25.8 Å². The first-order chi connectivity index (χ1) is 12.8. The van der Waals surface area contributed by atoms with Crippen LogP contribution in [0, 0.1) is 0 Å². The van der Waals surface area contributed by atoms with Gasteiger partial charge in [-0.3, -0.25) is 0 Å². The van der Waals surface area contributed by atoms with Crippen molar-refractivity contribution in [3.05, 3.63) is 71.8 Å². The number of carbonyl (C=O) groups is 1. The van der Waals surface area contributed by atoms with Crippen molar-refractivity contribution >= 4 is 6.03 Å². The van der Waals surface area contributed by atoms with Crippen molar-refractivity contribution in [1.29, 1.82) is 0 Å². The van der Waals surface area contributed by atoms with Gasteiger partial charge in [0.05, 0.1) is 26.2 Å². The standard InChI is InChI=1S/C22H29N3O/c1-2-3-14-23-22(26)25-17-15-24(16-18-25)21(19-10-6-4-7-11-19)20-12-8-5-9-13-20/h4-13,21H,2-3,14-18H2,1H3,(H,23,26)/p+1. The maximum Gasteiger partial charge on any atom is 0.317 e. The SMILES string of the molecule is CCCCNC(=O)N1CC[NH+](C(c2ccccc2)c2ccccc2)CC1. The first-order valence-corrected chi connectivity index (χ1v) is 9.77. The fourth-order valence-corrected chi connectivity index (χ4v) is 3.72. The van der Waals surface area contributed by atoms with E-state index in [0.717, 1.165) is 45.6 Å². The molecule has 1 aliphatic heterocycles. The van der Waals surface area contributed by atoms with Gasteiger partial charge in [0.1, 0.15) is 6.04 Å². The maximum atomic E-state index is 12.3. The topological polar surface area (TPSA) is 36.8 Å². The molecule has 26 heavy (non-hydrogen) atoms. The summed E-state index contributed by atoms with van der Waals surface area (Å²) in [5.74, 6) is 0. The summed E-state index contributed by atoms with van der Waals surface area (Å²) >= 11 is 0. The normalized spacial score (nSPS) is 15.2. The third-order valence-corrected chi connectivity index (χ3v) is 5.17. The second-order valence-electron chi connectivity index (χ2n) is 6.99. The molecule has 0 aliphatic carbocycles. The minimum Gasteiger partial charge on any atom is -0.338 e. The van der Waals surface area contributed by atoms with E-state index in [1.165, 1.54) is 16.0 Å². The molecule has 0 saturated carbocycles. The Morgan fingerprint density at radius 2 is 1.54 bits per heavy atom. The molecule has 2 N–H and O–H groups in total. The summed E-state index contributed by atoms with van der Waals surface area (Å²) in [6.07, 6.45) is 2.15. The van der Waals surface area contributed by atoms with Gasteiger partial charge in [-0.2, -0.15) is 0 Å². The van der Waals surface area contributed by atoms with E-state index in [1.807, 2.05) is 4.90 Å². The number of amides is 2. The molecule has 4 heteroatoms. The summed E-state index contributed by atoms with van der Waals surface area (Å²) in [5.41, 5.74) is 2.68. The largest absolute Gasteiger partial charge is 0.338 e. The van der Waals surface area contributed by atoms with E-state index in [0.29, 0.717) is 6.04 Å². The number of nitrogens with one attached hydrogen (secondary N) is 2. The lowest BCUT2D eigenvalue weighted by atomic mass is 9.96. The Morgan fingerprint density at radius 3 is 2.04 bits per heavy atom.